The summed E-state index contributed by atoms with van der Waals surface area (Å²) in [4.78, 5) is 0. The highest BCUT2D eigenvalue weighted by Crippen LogP contribution is 2.39. The molecule has 0 heterocycles. The van der Waals surface area contributed by atoms with Gasteiger partial charge in [-0.3, -0.25) is 0 Å². The van der Waals surface area contributed by atoms with Crippen LogP contribution in [0.5, 0.6) is 0 Å². The molecular weight excluding hydrogens is 369 g/mol. The lowest BCUT2D eigenvalue weighted by molar-refractivity contribution is 0.295. The van der Waals surface area contributed by atoms with E-state index < -0.39 is 11.6 Å². The minimum atomic E-state index is -0.947. The molecule has 2 fully saturated rings. The standard InChI is InChI=1S/C26H31F3/c27-24-15-13-22(17-26(24)29)23-14-12-21(16-25(23)28)20-10-8-19(9-11-20)7-3-6-18-4-1-2-5-18/h12-20H,1-11H2/t19-,20-. The summed E-state index contributed by atoms with van der Waals surface area (Å²) in [5, 5.41) is 0. The highest BCUT2D eigenvalue weighted by Gasteiger charge is 2.24. The Kier molecular flexibility index (Phi) is 6.62. The Hall–Kier alpha value is -1.77. The van der Waals surface area contributed by atoms with E-state index in [1.54, 1.807) is 12.1 Å². The third kappa shape index (κ3) is 5.05. The number of hydrogen-bond acceptors (Lipinski definition) is 0. The quantitative estimate of drug-likeness (QED) is 0.456. The lowest BCUT2D eigenvalue weighted by Crippen LogP contribution is -2.14. The van der Waals surface area contributed by atoms with Crippen LogP contribution in [0, 0.1) is 29.3 Å². The highest BCUT2D eigenvalue weighted by molar-refractivity contribution is 5.64. The predicted molar refractivity (Wildman–Crippen MR) is 112 cm³/mol. The summed E-state index contributed by atoms with van der Waals surface area (Å²) in [7, 11) is 0. The van der Waals surface area contributed by atoms with Gasteiger partial charge in [0, 0.05) is 5.56 Å². The maximum Gasteiger partial charge on any atom is 0.159 e. The van der Waals surface area contributed by atoms with Crippen LogP contribution >= 0.6 is 0 Å². The van der Waals surface area contributed by atoms with Gasteiger partial charge in [0.15, 0.2) is 11.6 Å². The summed E-state index contributed by atoms with van der Waals surface area (Å²) in [6, 6.07) is 8.81. The third-order valence-corrected chi connectivity index (χ3v) is 7.24. The molecule has 0 bridgehead atoms. The molecule has 156 valence electrons. The zero-order chi connectivity index (χ0) is 20.2. The lowest BCUT2D eigenvalue weighted by atomic mass is 9.76. The fourth-order valence-corrected chi connectivity index (χ4v) is 5.46. The number of rotatable bonds is 6. The van der Waals surface area contributed by atoms with Gasteiger partial charge in [0.2, 0.25) is 0 Å². The van der Waals surface area contributed by atoms with E-state index >= 15 is 0 Å². The van der Waals surface area contributed by atoms with Crippen molar-refractivity contribution in [2.45, 2.75) is 76.5 Å². The van der Waals surface area contributed by atoms with Gasteiger partial charge >= 0.3 is 0 Å². The van der Waals surface area contributed by atoms with E-state index in [-0.39, 0.29) is 5.82 Å². The first-order valence-corrected chi connectivity index (χ1v) is 11.3. The second kappa shape index (κ2) is 9.36. The Bertz CT molecular complexity index is 815. The van der Waals surface area contributed by atoms with Crippen molar-refractivity contribution in [3.63, 3.8) is 0 Å². The van der Waals surface area contributed by atoms with E-state index in [4.69, 9.17) is 0 Å². The van der Waals surface area contributed by atoms with Crippen molar-refractivity contribution in [2.75, 3.05) is 0 Å². The molecule has 2 aliphatic carbocycles. The van der Waals surface area contributed by atoms with Gasteiger partial charge in [-0.2, -0.15) is 0 Å². The first-order valence-electron chi connectivity index (χ1n) is 11.3. The van der Waals surface area contributed by atoms with E-state index in [0.717, 1.165) is 42.4 Å². The summed E-state index contributed by atoms with van der Waals surface area (Å²) in [6.07, 6.45) is 14.6. The Morgan fingerprint density at radius 1 is 0.655 bits per heavy atom. The van der Waals surface area contributed by atoms with Crippen LogP contribution in [0.25, 0.3) is 11.1 Å². The van der Waals surface area contributed by atoms with Crippen molar-refractivity contribution < 1.29 is 13.2 Å². The van der Waals surface area contributed by atoms with E-state index in [0.29, 0.717) is 17.0 Å². The minimum Gasteiger partial charge on any atom is -0.206 e. The molecule has 0 aromatic heterocycles. The highest BCUT2D eigenvalue weighted by atomic mass is 19.2. The monoisotopic (exact) mass is 400 g/mol. The van der Waals surface area contributed by atoms with Crippen LogP contribution in [0.2, 0.25) is 0 Å². The SMILES string of the molecule is Fc1ccc(-c2ccc([C@H]3CC[C@H](CCCC4CCCC4)CC3)cc2F)cc1F. The summed E-state index contributed by atoms with van der Waals surface area (Å²) in [5.41, 5.74) is 1.74. The van der Waals surface area contributed by atoms with Crippen molar-refractivity contribution in [2.24, 2.45) is 11.8 Å². The maximum absolute atomic E-state index is 14.7. The molecule has 2 aromatic rings. The van der Waals surface area contributed by atoms with Crippen LogP contribution in [-0.4, -0.2) is 0 Å². The Labute approximate surface area is 172 Å². The molecule has 2 aliphatic rings. The molecule has 0 spiro atoms. The summed E-state index contributed by atoms with van der Waals surface area (Å²) < 4.78 is 41.3. The average molecular weight is 401 g/mol. The number of hydrogen-bond donors (Lipinski definition) is 0. The van der Waals surface area contributed by atoms with E-state index in [2.05, 4.69) is 0 Å². The molecule has 3 heteroatoms. The average Bonchev–Trinajstić information content (AvgIpc) is 3.24. The maximum atomic E-state index is 14.7. The van der Waals surface area contributed by atoms with Gasteiger partial charge in [0.1, 0.15) is 5.82 Å². The van der Waals surface area contributed by atoms with Crippen molar-refractivity contribution >= 4 is 0 Å². The van der Waals surface area contributed by atoms with Crippen molar-refractivity contribution in [3.8, 4) is 11.1 Å². The smallest absolute Gasteiger partial charge is 0.159 e. The summed E-state index contributed by atoms with van der Waals surface area (Å²) in [6.45, 7) is 0. The van der Waals surface area contributed by atoms with Crippen molar-refractivity contribution in [1.29, 1.82) is 0 Å². The van der Waals surface area contributed by atoms with Crippen molar-refractivity contribution in [1.82, 2.24) is 0 Å². The third-order valence-electron chi connectivity index (χ3n) is 7.24. The molecule has 0 amide bonds. The molecule has 29 heavy (non-hydrogen) atoms. The lowest BCUT2D eigenvalue weighted by Gasteiger charge is -2.29. The molecule has 2 aromatic carbocycles. The van der Waals surface area contributed by atoms with E-state index in [9.17, 15) is 13.2 Å². The van der Waals surface area contributed by atoms with Gasteiger partial charge in [0.05, 0.1) is 0 Å². The van der Waals surface area contributed by atoms with Gasteiger partial charge in [-0.1, -0.05) is 63.1 Å². The topological polar surface area (TPSA) is 0 Å². The molecule has 0 saturated heterocycles. The normalized spacial score (nSPS) is 22.9. The predicted octanol–water partition coefficient (Wildman–Crippen LogP) is 8.41. The van der Waals surface area contributed by atoms with Crippen LogP contribution < -0.4 is 0 Å². The van der Waals surface area contributed by atoms with E-state index in [1.165, 1.54) is 63.9 Å². The number of benzene rings is 2. The molecule has 0 unspecified atom stereocenters. The van der Waals surface area contributed by atoms with Gasteiger partial charge in [0.25, 0.3) is 0 Å². The first kappa shape index (κ1) is 20.5. The first-order chi connectivity index (χ1) is 14.1. The molecule has 2 saturated carbocycles. The zero-order valence-corrected chi connectivity index (χ0v) is 17.1. The molecule has 0 radical (unpaired) electrons. The van der Waals surface area contributed by atoms with Gasteiger partial charge in [-0.15, -0.1) is 0 Å². The van der Waals surface area contributed by atoms with Gasteiger partial charge in [-0.25, -0.2) is 13.2 Å². The van der Waals surface area contributed by atoms with Crippen molar-refractivity contribution in [3.05, 3.63) is 59.4 Å². The fraction of sp³-hybridized carbons (Fsp3) is 0.538. The number of halogens is 3. The fourth-order valence-electron chi connectivity index (χ4n) is 5.46. The zero-order valence-electron chi connectivity index (χ0n) is 17.1. The Morgan fingerprint density at radius 2 is 1.34 bits per heavy atom. The van der Waals surface area contributed by atoms with Gasteiger partial charge < -0.3 is 0 Å². The second-order valence-electron chi connectivity index (χ2n) is 9.17. The molecule has 4 rings (SSSR count). The van der Waals surface area contributed by atoms with Gasteiger partial charge in [-0.05, 0) is 72.8 Å². The largest absolute Gasteiger partial charge is 0.206 e. The van der Waals surface area contributed by atoms with Crippen LogP contribution in [0.1, 0.15) is 82.1 Å². The molecule has 0 N–H and O–H groups in total. The summed E-state index contributed by atoms with van der Waals surface area (Å²) in [5.74, 6) is 0.0196. The minimum absolute atomic E-state index is 0.327. The van der Waals surface area contributed by atoms with Crippen LogP contribution in [0.15, 0.2) is 36.4 Å². The summed E-state index contributed by atoms with van der Waals surface area (Å²) >= 11 is 0. The Balaban J connectivity index is 1.31. The molecule has 0 aliphatic heterocycles. The molecule has 0 nitrogen and oxygen atoms in total. The van der Waals surface area contributed by atoms with E-state index in [1.807, 2.05) is 6.07 Å². The molecule has 0 atom stereocenters. The van der Waals surface area contributed by atoms with Crippen LogP contribution in [-0.2, 0) is 0 Å². The van der Waals surface area contributed by atoms with Crippen LogP contribution in [0.4, 0.5) is 13.2 Å². The second-order valence-corrected chi connectivity index (χ2v) is 9.17. The Morgan fingerprint density at radius 3 is 2.00 bits per heavy atom. The molecular formula is C26H31F3. The van der Waals surface area contributed by atoms with Crippen LogP contribution in [0.3, 0.4) is 0 Å².